The molecule has 17 heteroatoms. The highest BCUT2D eigenvalue weighted by Gasteiger charge is 2.31. The van der Waals surface area contributed by atoms with E-state index in [1.54, 1.807) is 0 Å². The van der Waals surface area contributed by atoms with Crippen LogP contribution in [-0.4, -0.2) is 94.2 Å². The third kappa shape index (κ3) is 12.2. The summed E-state index contributed by atoms with van der Waals surface area (Å²) in [7, 11) is 0. The first kappa shape index (κ1) is 30.0. The van der Waals surface area contributed by atoms with E-state index in [0.29, 0.717) is 0 Å². The van der Waals surface area contributed by atoms with Crippen molar-refractivity contribution in [3.8, 4) is 0 Å². The fourth-order valence-corrected chi connectivity index (χ4v) is 2.47. The number of carbonyl (C=O) groups excluding carboxylic acids is 4. The van der Waals surface area contributed by atoms with E-state index in [-0.39, 0.29) is 25.3 Å². The largest absolute Gasteiger partial charge is 0.481 e. The Morgan fingerprint density at radius 1 is 0.794 bits per heavy atom. The number of aliphatic carboxylic acids is 2. The van der Waals surface area contributed by atoms with Crippen molar-refractivity contribution in [2.45, 2.75) is 49.9 Å². The van der Waals surface area contributed by atoms with Crippen LogP contribution in [0.2, 0.25) is 0 Å². The van der Waals surface area contributed by atoms with Crippen LogP contribution in [0.15, 0.2) is 4.99 Å². The summed E-state index contributed by atoms with van der Waals surface area (Å²) in [6, 6.07) is -6.26. The number of carboxylic acid groups (broad SMARTS) is 2. The van der Waals surface area contributed by atoms with Gasteiger partial charge in [0, 0.05) is 6.54 Å². The summed E-state index contributed by atoms with van der Waals surface area (Å²) in [5, 5.41) is 33.7. The number of hydrogen-bond donors (Lipinski definition) is 10. The summed E-state index contributed by atoms with van der Waals surface area (Å²) in [6.07, 6.45) is -1.39. The zero-order chi connectivity index (χ0) is 26.4. The lowest BCUT2D eigenvalue weighted by atomic mass is 10.1. The zero-order valence-corrected chi connectivity index (χ0v) is 18.1. The Morgan fingerprint density at radius 2 is 1.32 bits per heavy atom. The first-order chi connectivity index (χ1) is 15.8. The molecule has 0 radical (unpaired) electrons. The van der Waals surface area contributed by atoms with Crippen LogP contribution in [0.3, 0.4) is 0 Å². The van der Waals surface area contributed by atoms with E-state index in [2.05, 4.69) is 15.6 Å². The van der Waals surface area contributed by atoms with Gasteiger partial charge in [-0.25, -0.2) is 4.79 Å². The minimum absolute atomic E-state index is 0.0776. The summed E-state index contributed by atoms with van der Waals surface area (Å²) in [4.78, 5) is 73.9. The van der Waals surface area contributed by atoms with Gasteiger partial charge in [0.05, 0.1) is 25.5 Å². The average molecular weight is 490 g/mol. The molecular weight excluding hydrogens is 460 g/mol. The summed E-state index contributed by atoms with van der Waals surface area (Å²) < 4.78 is 0. The quantitative estimate of drug-likeness (QED) is 0.0549. The molecule has 0 aliphatic rings. The summed E-state index contributed by atoms with van der Waals surface area (Å²) in [5.41, 5.74) is 20.8. The van der Waals surface area contributed by atoms with E-state index in [4.69, 9.17) is 28.0 Å². The molecule has 14 N–H and O–H groups in total. The fraction of sp³-hybridized carbons (Fsp3) is 0.588. The Kier molecular flexibility index (Phi) is 13.2. The molecule has 0 aromatic carbocycles. The third-order valence-corrected chi connectivity index (χ3v) is 4.15. The number of rotatable bonds is 16. The minimum atomic E-state index is -1.66. The smallest absolute Gasteiger partial charge is 0.326 e. The van der Waals surface area contributed by atoms with E-state index in [0.717, 1.165) is 0 Å². The Bertz CT molecular complexity index is 800. The standard InChI is InChI=1S/C17H30N8O9/c18-7(4-12(28)29)13(30)24-9(5-11(19)27)14(31)25-10(6-26)15(32)23-8(16(33)34)2-1-3-22-17(20)21/h7-10,26H,1-6,18H2,(H2,19,27)(H,23,32)(H,24,30)(H,25,31)(H,28,29)(H,33,34)(H4,20,21,22). The van der Waals surface area contributed by atoms with Gasteiger partial charge >= 0.3 is 11.9 Å². The monoisotopic (exact) mass is 490 g/mol. The second-order valence-corrected chi connectivity index (χ2v) is 7.03. The SMILES string of the molecule is NC(=O)CC(NC(=O)C(N)CC(=O)O)C(=O)NC(CO)C(=O)NC(CCCN=C(N)N)C(=O)O. The molecule has 0 aliphatic heterocycles. The van der Waals surface area contributed by atoms with E-state index in [1.165, 1.54) is 0 Å². The first-order valence-electron chi connectivity index (χ1n) is 9.84. The minimum Gasteiger partial charge on any atom is -0.481 e. The molecule has 34 heavy (non-hydrogen) atoms. The van der Waals surface area contributed by atoms with Crippen LogP contribution in [0.25, 0.3) is 0 Å². The number of aliphatic imine (C=N–C) groups is 1. The van der Waals surface area contributed by atoms with Gasteiger partial charge in [0.2, 0.25) is 23.6 Å². The number of amides is 4. The molecule has 0 aromatic rings. The van der Waals surface area contributed by atoms with Gasteiger partial charge in [-0.3, -0.25) is 29.0 Å². The normalized spacial score (nSPS) is 13.9. The van der Waals surface area contributed by atoms with Gasteiger partial charge in [0.1, 0.15) is 18.1 Å². The van der Waals surface area contributed by atoms with Gasteiger partial charge in [0.25, 0.3) is 0 Å². The molecule has 4 unspecified atom stereocenters. The average Bonchev–Trinajstić information content (AvgIpc) is 2.71. The molecule has 192 valence electrons. The van der Waals surface area contributed by atoms with Gasteiger partial charge in [-0.2, -0.15) is 0 Å². The van der Waals surface area contributed by atoms with Gasteiger partial charge < -0.3 is 54.2 Å². The number of guanidine groups is 1. The predicted molar refractivity (Wildman–Crippen MR) is 114 cm³/mol. The molecule has 0 aromatic heterocycles. The Labute approximate surface area is 193 Å². The van der Waals surface area contributed by atoms with Crippen LogP contribution >= 0.6 is 0 Å². The highest BCUT2D eigenvalue weighted by molar-refractivity contribution is 5.96. The van der Waals surface area contributed by atoms with E-state index < -0.39 is 79.2 Å². The number of aliphatic hydroxyl groups is 1. The second-order valence-electron chi connectivity index (χ2n) is 7.03. The second kappa shape index (κ2) is 15.0. The van der Waals surface area contributed by atoms with E-state index >= 15 is 0 Å². The molecule has 0 heterocycles. The lowest BCUT2D eigenvalue weighted by Crippen LogP contribution is -2.58. The number of hydrogen-bond acceptors (Lipinski definition) is 9. The Hall–Kier alpha value is -3.99. The number of primary amides is 1. The zero-order valence-electron chi connectivity index (χ0n) is 18.1. The van der Waals surface area contributed by atoms with Gasteiger partial charge in [-0.05, 0) is 12.8 Å². The van der Waals surface area contributed by atoms with Crippen LogP contribution in [0, 0.1) is 0 Å². The number of aliphatic hydroxyl groups excluding tert-OH is 1. The maximum atomic E-state index is 12.5. The van der Waals surface area contributed by atoms with Crippen LogP contribution < -0.4 is 38.9 Å². The molecule has 0 spiro atoms. The summed E-state index contributed by atoms with van der Waals surface area (Å²) >= 11 is 0. The van der Waals surface area contributed by atoms with E-state index in [9.17, 15) is 39.0 Å². The predicted octanol–water partition coefficient (Wildman–Crippen LogP) is -5.75. The van der Waals surface area contributed by atoms with Crippen LogP contribution in [-0.2, 0) is 28.8 Å². The third-order valence-electron chi connectivity index (χ3n) is 4.15. The van der Waals surface area contributed by atoms with Gasteiger partial charge in [-0.1, -0.05) is 0 Å². The van der Waals surface area contributed by atoms with Crippen molar-refractivity contribution in [2.24, 2.45) is 27.9 Å². The van der Waals surface area contributed by atoms with Crippen molar-refractivity contribution in [1.82, 2.24) is 16.0 Å². The molecule has 17 nitrogen and oxygen atoms in total. The van der Waals surface area contributed by atoms with Gasteiger partial charge in [0.15, 0.2) is 5.96 Å². The van der Waals surface area contributed by atoms with Crippen molar-refractivity contribution >= 4 is 41.5 Å². The maximum absolute atomic E-state index is 12.5. The molecular formula is C17H30N8O9. The van der Waals surface area contributed by atoms with Crippen LogP contribution in [0.4, 0.5) is 0 Å². The molecule has 0 fully saturated rings. The Morgan fingerprint density at radius 3 is 1.79 bits per heavy atom. The van der Waals surface area contributed by atoms with Gasteiger partial charge in [-0.15, -0.1) is 0 Å². The van der Waals surface area contributed by atoms with Crippen molar-refractivity contribution in [3.63, 3.8) is 0 Å². The molecule has 4 atom stereocenters. The van der Waals surface area contributed by atoms with Crippen molar-refractivity contribution in [1.29, 1.82) is 0 Å². The van der Waals surface area contributed by atoms with Crippen LogP contribution in [0.1, 0.15) is 25.7 Å². The molecule has 4 amide bonds. The van der Waals surface area contributed by atoms with Crippen molar-refractivity contribution < 1.29 is 44.1 Å². The van der Waals surface area contributed by atoms with Crippen molar-refractivity contribution in [3.05, 3.63) is 0 Å². The number of nitrogens with zero attached hydrogens (tertiary/aromatic N) is 1. The number of carbonyl (C=O) groups is 6. The maximum Gasteiger partial charge on any atom is 0.326 e. The van der Waals surface area contributed by atoms with Crippen LogP contribution in [0.5, 0.6) is 0 Å². The molecule has 0 aliphatic carbocycles. The summed E-state index contributed by atoms with van der Waals surface area (Å²) in [5.74, 6) is -7.29. The summed E-state index contributed by atoms with van der Waals surface area (Å²) in [6.45, 7) is -0.867. The lowest BCUT2D eigenvalue weighted by Gasteiger charge is -2.23. The highest BCUT2D eigenvalue weighted by Crippen LogP contribution is 2.01. The molecule has 0 bridgehead atoms. The number of nitrogens with one attached hydrogen (secondary N) is 3. The topological polar surface area (TPSA) is 316 Å². The fourth-order valence-electron chi connectivity index (χ4n) is 2.47. The Balaban J connectivity index is 5.22. The van der Waals surface area contributed by atoms with Crippen molar-refractivity contribution in [2.75, 3.05) is 13.2 Å². The van der Waals surface area contributed by atoms with E-state index in [1.807, 2.05) is 5.32 Å². The highest BCUT2D eigenvalue weighted by atomic mass is 16.4. The lowest BCUT2D eigenvalue weighted by molar-refractivity contribution is -0.143. The molecule has 0 rings (SSSR count). The first-order valence-corrected chi connectivity index (χ1v) is 9.84. The molecule has 0 saturated heterocycles. The number of carboxylic acids is 2. The molecule has 0 saturated carbocycles. The number of nitrogens with two attached hydrogens (primary N) is 4.